The normalized spacial score (nSPS) is 12.5. The van der Waals surface area contributed by atoms with E-state index >= 15 is 0 Å². The number of ether oxygens (including phenoxy) is 2. The second-order valence-corrected chi connectivity index (χ2v) is 7.50. The first kappa shape index (κ1) is 20.7. The highest BCUT2D eigenvalue weighted by Crippen LogP contribution is 2.19. The van der Waals surface area contributed by atoms with E-state index in [1.54, 1.807) is 45.2 Å². The number of carbonyl (C=O) groups is 1. The lowest BCUT2D eigenvalue weighted by Gasteiger charge is -2.15. The predicted molar refractivity (Wildman–Crippen MR) is 98.8 cm³/mol. The van der Waals surface area contributed by atoms with Crippen molar-refractivity contribution in [3.63, 3.8) is 0 Å². The number of rotatable bonds is 8. The van der Waals surface area contributed by atoms with Crippen LogP contribution in [0, 0.1) is 13.8 Å². The molecule has 148 valence electrons. The van der Waals surface area contributed by atoms with Gasteiger partial charge in [-0.1, -0.05) is 0 Å². The molecule has 0 aliphatic heterocycles. The van der Waals surface area contributed by atoms with Crippen molar-refractivity contribution >= 4 is 15.9 Å². The fourth-order valence-electron chi connectivity index (χ4n) is 2.45. The molecule has 0 unspecified atom stereocenters. The first-order valence-corrected chi connectivity index (χ1v) is 9.85. The van der Waals surface area contributed by atoms with Crippen molar-refractivity contribution in [2.75, 3.05) is 6.61 Å². The fraction of sp³-hybridized carbons (Fsp3) is 0.412. The molecule has 1 heterocycles. The van der Waals surface area contributed by atoms with Crippen LogP contribution < -0.4 is 19.7 Å². The Morgan fingerprint density at radius 3 is 2.33 bits per heavy atom. The predicted octanol–water partition coefficient (Wildman–Crippen LogP) is 1.21. The van der Waals surface area contributed by atoms with Gasteiger partial charge < -0.3 is 9.47 Å². The number of aromatic nitrogens is 2. The van der Waals surface area contributed by atoms with Gasteiger partial charge in [-0.25, -0.2) is 8.42 Å². The van der Waals surface area contributed by atoms with E-state index in [4.69, 9.17) is 9.47 Å². The third-order valence-corrected chi connectivity index (χ3v) is 5.34. The summed E-state index contributed by atoms with van der Waals surface area (Å²) >= 11 is 0. The molecule has 2 N–H and O–H groups in total. The van der Waals surface area contributed by atoms with E-state index in [2.05, 4.69) is 15.4 Å². The highest BCUT2D eigenvalue weighted by Gasteiger charge is 2.25. The molecule has 0 fully saturated rings. The molecule has 0 aliphatic rings. The van der Waals surface area contributed by atoms with Crippen LogP contribution in [0.1, 0.15) is 25.2 Å². The summed E-state index contributed by atoms with van der Waals surface area (Å²) in [6, 6.07) is 6.78. The standard InChI is InChI=1S/C17H24N4O5S/c1-6-25-14-7-9-15(10-8-14)26-13(4)17(22)18-20-27(23,24)16-11(2)19-21(5)12(16)3/h7-10,13,20H,6H2,1-5H3,(H,18,22)/t13-/m0/s1. The first-order chi connectivity index (χ1) is 12.7. The Labute approximate surface area is 158 Å². The quantitative estimate of drug-likeness (QED) is 0.649. The summed E-state index contributed by atoms with van der Waals surface area (Å²) in [7, 11) is -2.31. The molecule has 1 aromatic heterocycles. The Morgan fingerprint density at radius 1 is 1.22 bits per heavy atom. The van der Waals surface area contributed by atoms with Crippen molar-refractivity contribution in [2.24, 2.45) is 7.05 Å². The highest BCUT2D eigenvalue weighted by atomic mass is 32.2. The molecule has 9 nitrogen and oxygen atoms in total. The van der Waals surface area contributed by atoms with Crippen molar-refractivity contribution in [2.45, 2.75) is 38.7 Å². The number of amides is 1. The molecule has 10 heteroatoms. The minimum Gasteiger partial charge on any atom is -0.494 e. The summed E-state index contributed by atoms with van der Waals surface area (Å²) in [6.45, 7) is 7.16. The smallest absolute Gasteiger partial charge is 0.275 e. The van der Waals surface area contributed by atoms with Crippen LogP contribution in [0.2, 0.25) is 0 Å². The topological polar surface area (TPSA) is 112 Å². The molecule has 0 bridgehead atoms. The van der Waals surface area contributed by atoms with Gasteiger partial charge in [-0.05, 0) is 52.0 Å². The van der Waals surface area contributed by atoms with Gasteiger partial charge in [0.25, 0.3) is 15.9 Å². The zero-order valence-corrected chi connectivity index (χ0v) is 16.8. The van der Waals surface area contributed by atoms with Crippen LogP contribution >= 0.6 is 0 Å². The van der Waals surface area contributed by atoms with Crippen molar-refractivity contribution in [1.29, 1.82) is 0 Å². The Hall–Kier alpha value is -2.59. The number of sulfonamides is 1. The SMILES string of the molecule is CCOc1ccc(O[C@@H](C)C(=O)NNS(=O)(=O)c2c(C)nn(C)c2C)cc1. The lowest BCUT2D eigenvalue weighted by molar-refractivity contribution is -0.127. The largest absolute Gasteiger partial charge is 0.494 e. The molecule has 0 spiro atoms. The van der Waals surface area contributed by atoms with Crippen LogP contribution in [0.25, 0.3) is 0 Å². The summed E-state index contributed by atoms with van der Waals surface area (Å²) in [5, 5.41) is 4.07. The summed E-state index contributed by atoms with van der Waals surface area (Å²) in [4.78, 5) is 14.3. The van der Waals surface area contributed by atoms with Crippen molar-refractivity contribution in [3.8, 4) is 11.5 Å². The van der Waals surface area contributed by atoms with Crippen molar-refractivity contribution in [1.82, 2.24) is 20.0 Å². The maximum Gasteiger partial charge on any atom is 0.275 e. The third-order valence-electron chi connectivity index (χ3n) is 3.84. The molecule has 0 saturated heterocycles. The zero-order valence-electron chi connectivity index (χ0n) is 15.9. The molecule has 27 heavy (non-hydrogen) atoms. The minimum atomic E-state index is -3.95. The molecule has 2 aromatic rings. The summed E-state index contributed by atoms with van der Waals surface area (Å²) in [6.07, 6.45) is -0.915. The van der Waals surface area contributed by atoms with Gasteiger partial charge in [-0.3, -0.25) is 14.9 Å². The molecule has 0 saturated carbocycles. The van der Waals surface area contributed by atoms with Crippen LogP contribution in [0.5, 0.6) is 11.5 Å². The number of carbonyl (C=O) groups excluding carboxylic acids is 1. The fourth-order valence-corrected chi connectivity index (χ4v) is 3.74. The number of benzene rings is 1. The number of hydrogen-bond donors (Lipinski definition) is 2. The van der Waals surface area contributed by atoms with E-state index in [1.165, 1.54) is 11.6 Å². The Balaban J connectivity index is 1.98. The van der Waals surface area contributed by atoms with E-state index in [0.717, 1.165) is 0 Å². The number of hydrogen-bond acceptors (Lipinski definition) is 6. The van der Waals surface area contributed by atoms with Crippen molar-refractivity contribution < 1.29 is 22.7 Å². The van der Waals surface area contributed by atoms with Gasteiger partial charge in [-0.2, -0.15) is 5.10 Å². The van der Waals surface area contributed by atoms with Gasteiger partial charge in [0.2, 0.25) is 0 Å². The average Bonchev–Trinajstić information content (AvgIpc) is 2.87. The second kappa shape index (κ2) is 8.40. The number of nitrogens with zero attached hydrogens (tertiary/aromatic N) is 2. The van der Waals surface area contributed by atoms with E-state index in [-0.39, 0.29) is 4.90 Å². The first-order valence-electron chi connectivity index (χ1n) is 8.37. The molecule has 2 rings (SSSR count). The molecular formula is C17H24N4O5S. The molecule has 0 aliphatic carbocycles. The molecule has 1 amide bonds. The average molecular weight is 396 g/mol. The van der Waals surface area contributed by atoms with E-state index < -0.39 is 22.0 Å². The number of nitrogens with one attached hydrogen (secondary N) is 2. The summed E-state index contributed by atoms with van der Waals surface area (Å²) in [5.41, 5.74) is 2.98. The summed E-state index contributed by atoms with van der Waals surface area (Å²) in [5.74, 6) is 0.520. The second-order valence-electron chi connectivity index (χ2n) is 5.88. The Morgan fingerprint density at radius 2 is 1.81 bits per heavy atom. The van der Waals surface area contributed by atoms with Crippen molar-refractivity contribution in [3.05, 3.63) is 35.7 Å². The Kier molecular flexibility index (Phi) is 6.45. The molecule has 1 atom stereocenters. The van der Waals surface area contributed by atoms with Gasteiger partial charge in [0.15, 0.2) is 6.10 Å². The lowest BCUT2D eigenvalue weighted by atomic mass is 10.3. The monoisotopic (exact) mass is 396 g/mol. The van der Waals surface area contributed by atoms with Crippen LogP contribution in [0.3, 0.4) is 0 Å². The van der Waals surface area contributed by atoms with Crippen LogP contribution in [0.15, 0.2) is 29.2 Å². The zero-order chi connectivity index (χ0) is 20.2. The molecule has 1 aromatic carbocycles. The minimum absolute atomic E-state index is 0.0328. The summed E-state index contributed by atoms with van der Waals surface area (Å²) < 4.78 is 37.2. The van der Waals surface area contributed by atoms with E-state index in [1.807, 2.05) is 6.92 Å². The van der Waals surface area contributed by atoms with Crippen LogP contribution in [0.4, 0.5) is 0 Å². The van der Waals surface area contributed by atoms with Crippen LogP contribution in [-0.2, 0) is 21.9 Å². The van der Waals surface area contributed by atoms with Gasteiger partial charge in [0.05, 0.1) is 18.0 Å². The van der Waals surface area contributed by atoms with Gasteiger partial charge in [0, 0.05) is 7.05 Å². The molecule has 0 radical (unpaired) electrons. The van der Waals surface area contributed by atoms with Gasteiger partial charge in [0.1, 0.15) is 16.4 Å². The number of hydrazine groups is 1. The maximum atomic E-state index is 12.4. The maximum absolute atomic E-state index is 12.4. The van der Waals surface area contributed by atoms with Gasteiger partial charge >= 0.3 is 0 Å². The van der Waals surface area contributed by atoms with E-state index in [9.17, 15) is 13.2 Å². The van der Waals surface area contributed by atoms with Crippen LogP contribution in [-0.4, -0.2) is 36.8 Å². The molecular weight excluding hydrogens is 372 g/mol. The highest BCUT2D eigenvalue weighted by molar-refractivity contribution is 7.89. The lowest BCUT2D eigenvalue weighted by Crippen LogP contribution is -2.47. The Bertz CT molecular complexity index is 906. The third kappa shape index (κ3) is 4.98. The van der Waals surface area contributed by atoms with Gasteiger partial charge in [-0.15, -0.1) is 4.83 Å². The number of aryl methyl sites for hydroxylation is 2. The van der Waals surface area contributed by atoms with E-state index in [0.29, 0.717) is 29.5 Å².